The van der Waals surface area contributed by atoms with Gasteiger partial charge in [-0.15, -0.1) is 0 Å². The molecule has 25 heavy (non-hydrogen) atoms. The van der Waals surface area contributed by atoms with E-state index in [4.69, 9.17) is 0 Å². The number of hydrogen-bond donors (Lipinski definition) is 2. The maximum atomic E-state index is 12.7. The van der Waals surface area contributed by atoms with Crippen LogP contribution >= 0.6 is 0 Å². The van der Waals surface area contributed by atoms with Crippen LogP contribution in [0.25, 0.3) is 0 Å². The summed E-state index contributed by atoms with van der Waals surface area (Å²) in [7, 11) is 3.78. The van der Waals surface area contributed by atoms with Gasteiger partial charge in [0.2, 0.25) is 0 Å². The first-order chi connectivity index (χ1) is 11.7. The molecule has 0 heterocycles. The first-order valence-electron chi connectivity index (χ1n) is 7.59. The van der Waals surface area contributed by atoms with E-state index in [1.807, 2.05) is 31.1 Å². The SMILES string of the molecule is CN(C)c1ccc([C@@H](O)CNC(=O)c2cccc(C(F)(F)F)c2)cc1. The Bertz CT molecular complexity index is 728. The molecule has 0 saturated heterocycles. The molecule has 1 atom stereocenters. The van der Waals surface area contributed by atoms with Crippen molar-refractivity contribution in [1.82, 2.24) is 5.32 Å². The normalized spacial score (nSPS) is 12.6. The van der Waals surface area contributed by atoms with Gasteiger partial charge in [0.1, 0.15) is 0 Å². The Hall–Kier alpha value is -2.54. The fourth-order valence-electron chi connectivity index (χ4n) is 2.24. The second-order valence-electron chi connectivity index (χ2n) is 5.79. The molecule has 0 saturated carbocycles. The van der Waals surface area contributed by atoms with Gasteiger partial charge in [0.15, 0.2) is 0 Å². The number of alkyl halides is 3. The molecule has 0 fully saturated rings. The third-order valence-electron chi connectivity index (χ3n) is 3.70. The second-order valence-corrected chi connectivity index (χ2v) is 5.79. The van der Waals surface area contributed by atoms with E-state index in [-0.39, 0.29) is 12.1 Å². The maximum absolute atomic E-state index is 12.7. The monoisotopic (exact) mass is 352 g/mol. The van der Waals surface area contributed by atoms with Crippen molar-refractivity contribution in [2.45, 2.75) is 12.3 Å². The average Bonchev–Trinajstić information content (AvgIpc) is 2.58. The van der Waals surface area contributed by atoms with Crippen LogP contribution in [0.15, 0.2) is 48.5 Å². The van der Waals surface area contributed by atoms with Gasteiger partial charge in [0, 0.05) is 31.9 Å². The summed E-state index contributed by atoms with van der Waals surface area (Å²) in [5.74, 6) is -0.671. The van der Waals surface area contributed by atoms with Gasteiger partial charge in [-0.2, -0.15) is 13.2 Å². The Labute approximate surface area is 143 Å². The highest BCUT2D eigenvalue weighted by Gasteiger charge is 2.30. The molecule has 0 aliphatic heterocycles. The third-order valence-corrected chi connectivity index (χ3v) is 3.70. The van der Waals surface area contributed by atoms with Gasteiger partial charge in [-0.25, -0.2) is 0 Å². The van der Waals surface area contributed by atoms with Crippen molar-refractivity contribution in [3.63, 3.8) is 0 Å². The predicted molar refractivity (Wildman–Crippen MR) is 89.5 cm³/mol. The van der Waals surface area contributed by atoms with E-state index in [1.165, 1.54) is 12.1 Å². The number of carbonyl (C=O) groups excluding carboxylic acids is 1. The summed E-state index contributed by atoms with van der Waals surface area (Å²) in [5.41, 5.74) is 0.573. The molecule has 2 aromatic rings. The number of halogens is 3. The van der Waals surface area contributed by atoms with E-state index in [9.17, 15) is 23.1 Å². The lowest BCUT2D eigenvalue weighted by Crippen LogP contribution is -2.28. The van der Waals surface area contributed by atoms with E-state index in [2.05, 4.69) is 5.32 Å². The highest BCUT2D eigenvalue weighted by molar-refractivity contribution is 5.94. The fourth-order valence-corrected chi connectivity index (χ4v) is 2.24. The van der Waals surface area contributed by atoms with Crippen molar-refractivity contribution in [1.29, 1.82) is 0 Å². The summed E-state index contributed by atoms with van der Waals surface area (Å²) in [6.07, 6.45) is -5.46. The van der Waals surface area contributed by atoms with Gasteiger partial charge in [-0.05, 0) is 35.9 Å². The van der Waals surface area contributed by atoms with Crippen LogP contribution in [0.2, 0.25) is 0 Å². The zero-order valence-corrected chi connectivity index (χ0v) is 13.8. The summed E-state index contributed by atoms with van der Waals surface area (Å²) in [6, 6.07) is 11.3. The van der Waals surface area contributed by atoms with Crippen LogP contribution in [-0.2, 0) is 6.18 Å². The summed E-state index contributed by atoms with van der Waals surface area (Å²) < 4.78 is 38.0. The van der Waals surface area contributed by atoms with E-state index in [0.717, 1.165) is 17.8 Å². The molecule has 4 nitrogen and oxygen atoms in total. The molecule has 1 amide bonds. The van der Waals surface area contributed by atoms with Crippen LogP contribution in [0.1, 0.15) is 27.6 Å². The molecule has 0 radical (unpaired) electrons. The number of aliphatic hydroxyl groups excluding tert-OH is 1. The van der Waals surface area contributed by atoms with Crippen molar-refractivity contribution in [3.05, 3.63) is 65.2 Å². The molecule has 2 aromatic carbocycles. The number of anilines is 1. The number of benzene rings is 2. The molecule has 0 bridgehead atoms. The first kappa shape index (κ1) is 18.8. The average molecular weight is 352 g/mol. The number of nitrogens with one attached hydrogen (secondary N) is 1. The lowest BCUT2D eigenvalue weighted by atomic mass is 10.1. The highest BCUT2D eigenvalue weighted by Crippen LogP contribution is 2.29. The summed E-state index contributed by atoms with van der Waals surface area (Å²) in [4.78, 5) is 13.9. The van der Waals surface area contributed by atoms with Gasteiger partial charge < -0.3 is 15.3 Å². The molecule has 134 valence electrons. The molecule has 0 aromatic heterocycles. The Morgan fingerprint density at radius 3 is 2.36 bits per heavy atom. The Morgan fingerprint density at radius 2 is 1.80 bits per heavy atom. The molecule has 0 aliphatic carbocycles. The highest BCUT2D eigenvalue weighted by atomic mass is 19.4. The molecule has 2 rings (SSSR count). The number of aliphatic hydroxyl groups is 1. The number of carbonyl (C=O) groups is 1. The Balaban J connectivity index is 1.99. The number of amides is 1. The first-order valence-corrected chi connectivity index (χ1v) is 7.59. The van der Waals surface area contributed by atoms with Crippen molar-refractivity contribution in [2.24, 2.45) is 0 Å². The van der Waals surface area contributed by atoms with Crippen molar-refractivity contribution in [3.8, 4) is 0 Å². The lowest BCUT2D eigenvalue weighted by molar-refractivity contribution is -0.137. The second kappa shape index (κ2) is 7.57. The molecular formula is C18H19F3N2O2. The Kier molecular flexibility index (Phi) is 5.69. The van der Waals surface area contributed by atoms with E-state index < -0.39 is 23.8 Å². The summed E-state index contributed by atoms with van der Waals surface area (Å²) in [6.45, 7) is -0.101. The standard InChI is InChI=1S/C18H19F3N2O2/c1-23(2)15-8-6-12(7-9-15)16(24)11-22-17(25)13-4-3-5-14(10-13)18(19,20)21/h3-10,16,24H,11H2,1-2H3,(H,22,25)/t16-/m0/s1. The fraction of sp³-hybridized carbons (Fsp3) is 0.278. The van der Waals surface area contributed by atoms with Gasteiger partial charge >= 0.3 is 6.18 Å². The largest absolute Gasteiger partial charge is 0.416 e. The van der Waals surface area contributed by atoms with Gasteiger partial charge in [-0.3, -0.25) is 4.79 Å². The van der Waals surface area contributed by atoms with Crippen molar-refractivity contribution >= 4 is 11.6 Å². The molecule has 7 heteroatoms. The number of nitrogens with zero attached hydrogens (tertiary/aromatic N) is 1. The zero-order valence-electron chi connectivity index (χ0n) is 13.8. The zero-order chi connectivity index (χ0) is 18.6. The van der Waals surface area contributed by atoms with E-state index in [1.54, 1.807) is 12.1 Å². The molecule has 0 unspecified atom stereocenters. The smallest absolute Gasteiger partial charge is 0.387 e. The van der Waals surface area contributed by atoms with Crippen LogP contribution in [0, 0.1) is 0 Å². The van der Waals surface area contributed by atoms with Crippen LogP contribution in [0.4, 0.5) is 18.9 Å². The predicted octanol–water partition coefficient (Wildman–Crippen LogP) is 3.23. The van der Waals surface area contributed by atoms with Gasteiger partial charge in [0.05, 0.1) is 11.7 Å². The topological polar surface area (TPSA) is 52.6 Å². The minimum Gasteiger partial charge on any atom is -0.387 e. The van der Waals surface area contributed by atoms with Gasteiger partial charge in [-0.1, -0.05) is 18.2 Å². The van der Waals surface area contributed by atoms with E-state index in [0.29, 0.717) is 5.56 Å². The lowest BCUT2D eigenvalue weighted by Gasteiger charge is -2.16. The quantitative estimate of drug-likeness (QED) is 0.869. The van der Waals surface area contributed by atoms with Crippen LogP contribution in [0.5, 0.6) is 0 Å². The minimum atomic E-state index is -4.51. The summed E-state index contributed by atoms with van der Waals surface area (Å²) >= 11 is 0. The molecule has 0 aliphatic rings. The Morgan fingerprint density at radius 1 is 1.16 bits per heavy atom. The molecule has 2 N–H and O–H groups in total. The number of rotatable bonds is 5. The number of hydrogen-bond acceptors (Lipinski definition) is 3. The van der Waals surface area contributed by atoms with Gasteiger partial charge in [0.25, 0.3) is 5.91 Å². The third kappa shape index (κ3) is 4.96. The minimum absolute atomic E-state index is 0.101. The molecule has 0 spiro atoms. The van der Waals surface area contributed by atoms with Crippen LogP contribution in [0.3, 0.4) is 0 Å². The maximum Gasteiger partial charge on any atom is 0.416 e. The van der Waals surface area contributed by atoms with Crippen LogP contribution in [-0.4, -0.2) is 31.7 Å². The van der Waals surface area contributed by atoms with E-state index >= 15 is 0 Å². The van der Waals surface area contributed by atoms with Crippen LogP contribution < -0.4 is 10.2 Å². The summed E-state index contributed by atoms with van der Waals surface area (Å²) in [5, 5.41) is 12.6. The van der Waals surface area contributed by atoms with Crippen molar-refractivity contribution in [2.75, 3.05) is 25.5 Å². The van der Waals surface area contributed by atoms with Crippen molar-refractivity contribution < 1.29 is 23.1 Å². The molecular weight excluding hydrogens is 333 g/mol.